The second kappa shape index (κ2) is 10.8. The number of nitrogens with zero attached hydrogens (tertiary/aromatic N) is 2. The van der Waals surface area contributed by atoms with Crippen LogP contribution < -0.4 is 14.5 Å². The second-order valence-electron chi connectivity index (χ2n) is 6.91. The molecule has 7 nitrogen and oxygen atoms in total. The summed E-state index contributed by atoms with van der Waals surface area (Å²) in [7, 11) is -2.57. The molecule has 1 N–H and O–H groups in total. The Balaban J connectivity index is 1.87. The molecule has 0 saturated carbocycles. The van der Waals surface area contributed by atoms with Crippen LogP contribution in [-0.4, -0.2) is 33.7 Å². The maximum absolute atomic E-state index is 13.4. The molecule has 3 aromatic rings. The van der Waals surface area contributed by atoms with Gasteiger partial charge in [-0.3, -0.25) is 9.10 Å². The minimum atomic E-state index is -4.06. The summed E-state index contributed by atoms with van der Waals surface area (Å²) in [4.78, 5) is 12.7. The van der Waals surface area contributed by atoms with Crippen LogP contribution in [0.1, 0.15) is 12.5 Å². The number of methoxy groups -OCH3 is 1. The zero-order valence-electron chi connectivity index (χ0n) is 17.8. The van der Waals surface area contributed by atoms with E-state index in [0.717, 1.165) is 14.3 Å². The Morgan fingerprint density at radius 3 is 2.36 bits per heavy atom. The molecule has 0 aromatic heterocycles. The van der Waals surface area contributed by atoms with Gasteiger partial charge in [0.1, 0.15) is 12.3 Å². The highest BCUT2D eigenvalue weighted by atomic mass is 79.9. The van der Waals surface area contributed by atoms with Gasteiger partial charge in [-0.15, -0.1) is 0 Å². The van der Waals surface area contributed by atoms with E-state index in [-0.39, 0.29) is 10.6 Å². The van der Waals surface area contributed by atoms with Gasteiger partial charge in [0.15, 0.2) is 0 Å². The molecular formula is C23H21BrClN3O4S. The topological polar surface area (TPSA) is 88.1 Å². The fourth-order valence-electron chi connectivity index (χ4n) is 2.89. The zero-order chi connectivity index (χ0) is 24.0. The van der Waals surface area contributed by atoms with E-state index in [4.69, 9.17) is 16.3 Å². The lowest BCUT2D eigenvalue weighted by Crippen LogP contribution is -2.39. The summed E-state index contributed by atoms with van der Waals surface area (Å²) in [6.45, 7) is 1.26. The number of carbonyl (C=O) groups excluding carboxylic acids is 1. The van der Waals surface area contributed by atoms with Gasteiger partial charge >= 0.3 is 0 Å². The molecule has 172 valence electrons. The van der Waals surface area contributed by atoms with Crippen molar-refractivity contribution in [3.8, 4) is 5.75 Å². The molecule has 0 spiro atoms. The van der Waals surface area contributed by atoms with Crippen LogP contribution in [0.4, 0.5) is 5.69 Å². The van der Waals surface area contributed by atoms with Gasteiger partial charge in [-0.05, 0) is 73.2 Å². The van der Waals surface area contributed by atoms with Crippen LogP contribution in [0, 0.1) is 0 Å². The highest BCUT2D eigenvalue weighted by molar-refractivity contribution is 9.10. The lowest BCUT2D eigenvalue weighted by atomic mass is 10.1. The predicted molar refractivity (Wildman–Crippen MR) is 133 cm³/mol. The zero-order valence-corrected chi connectivity index (χ0v) is 21.0. The van der Waals surface area contributed by atoms with Gasteiger partial charge in [-0.2, -0.15) is 5.10 Å². The van der Waals surface area contributed by atoms with Gasteiger partial charge < -0.3 is 4.74 Å². The minimum absolute atomic E-state index is 0.0138. The smallest absolute Gasteiger partial charge is 0.264 e. The summed E-state index contributed by atoms with van der Waals surface area (Å²) < 4.78 is 33.7. The Morgan fingerprint density at radius 1 is 1.09 bits per heavy atom. The van der Waals surface area contributed by atoms with E-state index in [1.807, 2.05) is 24.3 Å². The number of hydrogen-bond donors (Lipinski definition) is 1. The summed E-state index contributed by atoms with van der Waals surface area (Å²) in [6, 6.07) is 19.5. The van der Waals surface area contributed by atoms with Crippen LogP contribution in [-0.2, 0) is 14.8 Å². The Bertz CT molecular complexity index is 1260. The number of nitrogens with one attached hydrogen (secondary N) is 1. The molecule has 1 amide bonds. The van der Waals surface area contributed by atoms with E-state index in [9.17, 15) is 13.2 Å². The molecule has 0 unspecified atom stereocenters. The first kappa shape index (κ1) is 24.8. The normalized spacial score (nSPS) is 11.7. The number of anilines is 1. The van der Waals surface area contributed by atoms with E-state index in [0.29, 0.717) is 16.5 Å². The van der Waals surface area contributed by atoms with E-state index >= 15 is 0 Å². The Morgan fingerprint density at radius 2 is 1.76 bits per heavy atom. The quantitative estimate of drug-likeness (QED) is 0.321. The first-order valence-electron chi connectivity index (χ1n) is 9.72. The van der Waals surface area contributed by atoms with Crippen LogP contribution in [0.2, 0.25) is 5.02 Å². The molecule has 0 heterocycles. The van der Waals surface area contributed by atoms with Gasteiger partial charge in [0.05, 0.1) is 23.4 Å². The SMILES string of the molecule is COc1ccc(S(=O)(=O)N(CC(=O)N/N=C(/C)c2cccc(Br)c2)c2ccc(Cl)cc2)cc1. The number of hydrazone groups is 1. The van der Waals surface area contributed by atoms with E-state index < -0.39 is 22.5 Å². The highest BCUT2D eigenvalue weighted by Crippen LogP contribution is 2.26. The fraction of sp³-hybridized carbons (Fsp3) is 0.130. The lowest BCUT2D eigenvalue weighted by molar-refractivity contribution is -0.119. The molecule has 3 rings (SSSR count). The summed E-state index contributed by atoms with van der Waals surface area (Å²) in [5.74, 6) is -0.0847. The van der Waals surface area contributed by atoms with E-state index in [1.165, 1.54) is 31.4 Å². The van der Waals surface area contributed by atoms with Gasteiger partial charge in [-0.25, -0.2) is 13.8 Å². The highest BCUT2D eigenvalue weighted by Gasteiger charge is 2.27. The number of benzene rings is 3. The number of sulfonamides is 1. The van der Waals surface area contributed by atoms with Gasteiger partial charge in [-0.1, -0.05) is 39.7 Å². The van der Waals surface area contributed by atoms with Crippen LogP contribution in [0.15, 0.2) is 87.3 Å². The molecule has 33 heavy (non-hydrogen) atoms. The van der Waals surface area contributed by atoms with Crippen molar-refractivity contribution >= 4 is 54.9 Å². The van der Waals surface area contributed by atoms with Gasteiger partial charge in [0.25, 0.3) is 15.9 Å². The van der Waals surface area contributed by atoms with Crippen molar-refractivity contribution in [3.63, 3.8) is 0 Å². The van der Waals surface area contributed by atoms with Crippen molar-refractivity contribution in [2.24, 2.45) is 5.10 Å². The van der Waals surface area contributed by atoms with Crippen molar-refractivity contribution in [2.45, 2.75) is 11.8 Å². The largest absolute Gasteiger partial charge is 0.497 e. The predicted octanol–water partition coefficient (Wildman–Crippen LogP) is 4.85. The van der Waals surface area contributed by atoms with Crippen LogP contribution in [0.25, 0.3) is 0 Å². The molecule has 0 aliphatic rings. The summed E-state index contributed by atoms with van der Waals surface area (Å²) in [5.41, 5.74) is 4.11. The number of amides is 1. The Hall–Kier alpha value is -2.88. The molecule has 0 atom stereocenters. The minimum Gasteiger partial charge on any atom is -0.497 e. The Labute approximate surface area is 206 Å². The third-order valence-corrected chi connectivity index (χ3v) is 7.17. The third-order valence-electron chi connectivity index (χ3n) is 4.64. The van der Waals surface area contributed by atoms with E-state index in [2.05, 4.69) is 26.5 Å². The standard InChI is InChI=1S/C23H21BrClN3O4S/c1-16(17-4-3-5-18(24)14-17)26-27-23(29)15-28(20-8-6-19(25)7-9-20)33(30,31)22-12-10-21(32-2)11-13-22/h3-14H,15H2,1-2H3,(H,27,29)/b26-16-. The third kappa shape index (κ3) is 6.34. The lowest BCUT2D eigenvalue weighted by Gasteiger charge is -2.24. The molecule has 0 radical (unpaired) electrons. The van der Waals surface area contributed by atoms with Crippen molar-refractivity contribution in [1.82, 2.24) is 5.43 Å². The molecular weight excluding hydrogens is 530 g/mol. The molecule has 10 heteroatoms. The number of carbonyl (C=O) groups is 1. The fourth-order valence-corrected chi connectivity index (χ4v) is 4.83. The number of hydrogen-bond acceptors (Lipinski definition) is 5. The monoisotopic (exact) mass is 549 g/mol. The maximum atomic E-state index is 13.4. The molecule has 0 aliphatic carbocycles. The number of rotatable bonds is 8. The van der Waals surface area contributed by atoms with Crippen molar-refractivity contribution in [2.75, 3.05) is 18.0 Å². The number of ether oxygens (including phenoxy) is 1. The number of halogens is 2. The van der Waals surface area contributed by atoms with E-state index in [1.54, 1.807) is 31.2 Å². The first-order valence-corrected chi connectivity index (χ1v) is 12.3. The molecule has 0 saturated heterocycles. The molecule has 3 aromatic carbocycles. The summed E-state index contributed by atoms with van der Waals surface area (Å²) in [5, 5.41) is 4.55. The summed E-state index contributed by atoms with van der Waals surface area (Å²) in [6.07, 6.45) is 0. The second-order valence-corrected chi connectivity index (χ2v) is 10.1. The van der Waals surface area contributed by atoms with Crippen molar-refractivity contribution in [3.05, 3.63) is 87.9 Å². The van der Waals surface area contributed by atoms with Gasteiger partial charge in [0, 0.05) is 9.50 Å². The molecule has 0 fully saturated rings. The van der Waals surface area contributed by atoms with Crippen molar-refractivity contribution in [1.29, 1.82) is 0 Å². The first-order chi connectivity index (χ1) is 15.7. The Kier molecular flexibility index (Phi) is 8.12. The maximum Gasteiger partial charge on any atom is 0.264 e. The van der Waals surface area contributed by atoms with Crippen LogP contribution in [0.5, 0.6) is 5.75 Å². The van der Waals surface area contributed by atoms with Crippen LogP contribution >= 0.6 is 27.5 Å². The molecule has 0 aliphatic heterocycles. The summed E-state index contributed by atoms with van der Waals surface area (Å²) >= 11 is 9.35. The molecule has 0 bridgehead atoms. The van der Waals surface area contributed by atoms with Crippen LogP contribution in [0.3, 0.4) is 0 Å². The van der Waals surface area contributed by atoms with Gasteiger partial charge in [0.2, 0.25) is 0 Å². The van der Waals surface area contributed by atoms with Crippen molar-refractivity contribution < 1.29 is 17.9 Å². The average molecular weight is 551 g/mol. The average Bonchev–Trinajstić information content (AvgIpc) is 2.81.